The maximum absolute atomic E-state index is 11.4. The Kier molecular flexibility index (Phi) is 3.58. The van der Waals surface area contributed by atoms with Crippen LogP contribution < -0.4 is 22.3 Å². The van der Waals surface area contributed by atoms with Crippen LogP contribution in [0.15, 0.2) is 9.59 Å². The monoisotopic (exact) mass is 239 g/mol. The Morgan fingerprint density at radius 2 is 2.12 bits per heavy atom. The van der Waals surface area contributed by atoms with E-state index in [9.17, 15) is 9.59 Å². The number of hydrogen-bond acceptors (Lipinski definition) is 5. The molecule has 1 aliphatic carbocycles. The highest BCUT2D eigenvalue weighted by Crippen LogP contribution is 2.30. The molecule has 0 aromatic carbocycles. The Hall–Kier alpha value is -1.63. The molecule has 1 aromatic rings. The first kappa shape index (κ1) is 11.8. The summed E-state index contributed by atoms with van der Waals surface area (Å²) in [5.74, 6) is 1.16. The molecule has 5 N–H and O–H groups in total. The molecule has 1 heterocycles. The molecule has 0 bridgehead atoms. The second kappa shape index (κ2) is 5.13. The van der Waals surface area contributed by atoms with Crippen LogP contribution in [0.5, 0.6) is 0 Å². The lowest BCUT2D eigenvalue weighted by Crippen LogP contribution is -2.30. The Balaban J connectivity index is 1.98. The molecule has 0 saturated heterocycles. The highest BCUT2D eigenvalue weighted by molar-refractivity contribution is 5.28. The van der Waals surface area contributed by atoms with E-state index in [4.69, 9.17) is 5.73 Å². The van der Waals surface area contributed by atoms with Gasteiger partial charge < -0.3 is 11.1 Å². The first-order valence-electron chi connectivity index (χ1n) is 5.83. The molecule has 7 nitrogen and oxygen atoms in total. The SMILES string of the molecule is NCC1CCCC1CNc1n[nH]c(=O)[nH]c1=O. The van der Waals surface area contributed by atoms with Crippen molar-refractivity contribution in [1.82, 2.24) is 15.2 Å². The van der Waals surface area contributed by atoms with Gasteiger partial charge in [0.15, 0.2) is 0 Å². The fourth-order valence-corrected chi connectivity index (χ4v) is 2.39. The van der Waals surface area contributed by atoms with Crippen molar-refractivity contribution < 1.29 is 0 Å². The minimum Gasteiger partial charge on any atom is -0.364 e. The van der Waals surface area contributed by atoms with E-state index in [2.05, 4.69) is 20.5 Å². The summed E-state index contributed by atoms with van der Waals surface area (Å²) in [5, 5.41) is 8.82. The molecule has 94 valence electrons. The van der Waals surface area contributed by atoms with Gasteiger partial charge in [0, 0.05) is 6.54 Å². The second-order valence-electron chi connectivity index (χ2n) is 4.42. The van der Waals surface area contributed by atoms with E-state index in [0.717, 1.165) is 12.8 Å². The number of rotatable bonds is 4. The minimum absolute atomic E-state index is 0.160. The van der Waals surface area contributed by atoms with Crippen molar-refractivity contribution in [2.75, 3.05) is 18.4 Å². The summed E-state index contributed by atoms with van der Waals surface area (Å²) in [6.45, 7) is 1.35. The average Bonchev–Trinajstić information content (AvgIpc) is 2.75. The molecule has 2 unspecified atom stereocenters. The van der Waals surface area contributed by atoms with Gasteiger partial charge in [-0.05, 0) is 31.2 Å². The molecule has 7 heteroatoms. The van der Waals surface area contributed by atoms with Crippen molar-refractivity contribution in [2.45, 2.75) is 19.3 Å². The Labute approximate surface area is 97.8 Å². The maximum atomic E-state index is 11.4. The Bertz CT molecular complexity index is 480. The van der Waals surface area contributed by atoms with Crippen molar-refractivity contribution in [1.29, 1.82) is 0 Å². The topological polar surface area (TPSA) is 117 Å². The molecule has 0 amide bonds. The largest absolute Gasteiger partial charge is 0.364 e. The number of H-pyrrole nitrogens is 2. The first-order chi connectivity index (χ1) is 8.20. The van der Waals surface area contributed by atoms with Crippen LogP contribution in [0.25, 0.3) is 0 Å². The Morgan fingerprint density at radius 3 is 2.82 bits per heavy atom. The number of nitrogens with zero attached hydrogens (tertiary/aromatic N) is 1. The summed E-state index contributed by atoms with van der Waals surface area (Å²) in [4.78, 5) is 24.3. The van der Waals surface area contributed by atoms with Crippen molar-refractivity contribution in [3.63, 3.8) is 0 Å². The number of nitrogens with one attached hydrogen (secondary N) is 3. The van der Waals surface area contributed by atoms with Crippen molar-refractivity contribution in [2.24, 2.45) is 17.6 Å². The van der Waals surface area contributed by atoms with Crippen LogP contribution >= 0.6 is 0 Å². The van der Waals surface area contributed by atoms with E-state index in [0.29, 0.717) is 24.9 Å². The van der Waals surface area contributed by atoms with Crippen molar-refractivity contribution in [3.8, 4) is 0 Å². The highest BCUT2D eigenvalue weighted by atomic mass is 16.2. The minimum atomic E-state index is -0.596. The molecule has 1 aromatic heterocycles. The molecule has 1 fully saturated rings. The van der Waals surface area contributed by atoms with Gasteiger partial charge in [-0.15, -0.1) is 5.10 Å². The quantitative estimate of drug-likeness (QED) is 0.551. The summed E-state index contributed by atoms with van der Waals surface area (Å²) in [7, 11) is 0. The molecule has 1 saturated carbocycles. The predicted molar refractivity (Wildman–Crippen MR) is 63.9 cm³/mol. The maximum Gasteiger partial charge on any atom is 0.342 e. The van der Waals surface area contributed by atoms with Gasteiger partial charge in [0.25, 0.3) is 5.56 Å². The van der Waals surface area contributed by atoms with E-state index in [1.165, 1.54) is 6.42 Å². The number of hydrogen-bond donors (Lipinski definition) is 4. The molecular formula is C10H17N5O2. The van der Waals surface area contributed by atoms with Crippen molar-refractivity contribution >= 4 is 5.82 Å². The normalized spacial score (nSPS) is 23.8. The number of anilines is 1. The van der Waals surface area contributed by atoms with E-state index in [-0.39, 0.29) is 5.82 Å². The van der Waals surface area contributed by atoms with Crippen LogP contribution in [-0.4, -0.2) is 28.3 Å². The molecule has 2 rings (SSSR count). The van der Waals surface area contributed by atoms with Crippen LogP contribution in [0.4, 0.5) is 5.82 Å². The third-order valence-electron chi connectivity index (χ3n) is 3.36. The molecule has 1 aliphatic rings. The van der Waals surface area contributed by atoms with Gasteiger partial charge in [-0.3, -0.25) is 9.78 Å². The summed E-state index contributed by atoms with van der Waals surface area (Å²) in [6, 6.07) is 0. The summed E-state index contributed by atoms with van der Waals surface area (Å²) >= 11 is 0. The van der Waals surface area contributed by atoms with E-state index in [1.807, 2.05) is 0 Å². The van der Waals surface area contributed by atoms with Gasteiger partial charge >= 0.3 is 5.69 Å². The molecule has 0 aliphatic heterocycles. The van der Waals surface area contributed by atoms with Gasteiger partial charge in [0.2, 0.25) is 5.82 Å². The van der Waals surface area contributed by atoms with Gasteiger partial charge in [-0.2, -0.15) is 0 Å². The van der Waals surface area contributed by atoms with Crippen molar-refractivity contribution in [3.05, 3.63) is 20.8 Å². The first-order valence-corrected chi connectivity index (χ1v) is 5.83. The highest BCUT2D eigenvalue weighted by Gasteiger charge is 2.25. The summed E-state index contributed by atoms with van der Waals surface area (Å²) in [6.07, 6.45) is 3.46. The smallest absolute Gasteiger partial charge is 0.342 e. The van der Waals surface area contributed by atoms with E-state index in [1.54, 1.807) is 0 Å². The molecule has 0 radical (unpaired) electrons. The lowest BCUT2D eigenvalue weighted by atomic mass is 9.96. The summed E-state index contributed by atoms with van der Waals surface area (Å²) in [5.41, 5.74) is 4.60. The molecule has 2 atom stereocenters. The third kappa shape index (κ3) is 2.73. The average molecular weight is 239 g/mol. The lowest BCUT2D eigenvalue weighted by molar-refractivity contribution is 0.414. The van der Waals surface area contributed by atoms with Crippen LogP contribution in [0.1, 0.15) is 19.3 Å². The van der Waals surface area contributed by atoms with Crippen LogP contribution in [0, 0.1) is 11.8 Å². The van der Waals surface area contributed by atoms with Crippen LogP contribution in [0.2, 0.25) is 0 Å². The van der Waals surface area contributed by atoms with Crippen LogP contribution in [0.3, 0.4) is 0 Å². The van der Waals surface area contributed by atoms with Gasteiger partial charge in [0.05, 0.1) is 0 Å². The zero-order valence-electron chi connectivity index (χ0n) is 9.53. The predicted octanol–water partition coefficient (Wildman–Crippen LogP) is -0.755. The van der Waals surface area contributed by atoms with E-state index >= 15 is 0 Å². The zero-order chi connectivity index (χ0) is 12.3. The standard InChI is InChI=1S/C10H17N5O2/c11-4-6-2-1-3-7(6)5-12-8-9(16)13-10(17)15-14-8/h6-7H,1-5,11H2,(H,12,14)(H2,13,15,16,17). The van der Waals surface area contributed by atoms with Gasteiger partial charge in [-0.1, -0.05) is 6.42 Å². The number of nitrogens with two attached hydrogens (primary N) is 1. The van der Waals surface area contributed by atoms with E-state index < -0.39 is 11.2 Å². The molecule has 0 spiro atoms. The number of aromatic amines is 2. The molecular weight excluding hydrogens is 222 g/mol. The zero-order valence-corrected chi connectivity index (χ0v) is 9.53. The van der Waals surface area contributed by atoms with Gasteiger partial charge in [-0.25, -0.2) is 9.89 Å². The number of aromatic nitrogens is 3. The Morgan fingerprint density at radius 1 is 1.35 bits per heavy atom. The lowest BCUT2D eigenvalue weighted by Gasteiger charge is -2.17. The fraction of sp³-hybridized carbons (Fsp3) is 0.700. The fourth-order valence-electron chi connectivity index (χ4n) is 2.39. The van der Waals surface area contributed by atoms with Gasteiger partial charge in [0.1, 0.15) is 0 Å². The molecule has 17 heavy (non-hydrogen) atoms. The summed E-state index contributed by atoms with van der Waals surface area (Å²) < 4.78 is 0. The second-order valence-corrected chi connectivity index (χ2v) is 4.42. The third-order valence-corrected chi connectivity index (χ3v) is 3.36. The van der Waals surface area contributed by atoms with Crippen LogP contribution in [-0.2, 0) is 0 Å².